The summed E-state index contributed by atoms with van der Waals surface area (Å²) in [5, 5.41) is 11.4. The minimum atomic E-state index is -1.59. The maximum atomic E-state index is 10.2. The highest BCUT2D eigenvalue weighted by Crippen LogP contribution is 2.36. The molecule has 1 N–H and O–H groups in total. The largest absolute Gasteiger partial charge is 0.475 e. The van der Waals surface area contributed by atoms with Gasteiger partial charge in [0.2, 0.25) is 0 Å². The monoisotopic (exact) mass is 414 g/mol. The summed E-state index contributed by atoms with van der Waals surface area (Å²) in [5.74, 6) is 0. The zero-order valence-electron chi connectivity index (χ0n) is 19.1. The van der Waals surface area contributed by atoms with Crippen molar-refractivity contribution in [2.45, 2.75) is 110 Å². The molecule has 158 valence electrons. The Morgan fingerprint density at radius 2 is 1.52 bits per heavy atom. The van der Waals surface area contributed by atoms with E-state index >= 15 is 0 Å². The second-order valence-electron chi connectivity index (χ2n) is 10.2. The molecular weight excluding hydrogens is 372 g/mol. The Morgan fingerprint density at radius 1 is 0.926 bits per heavy atom. The van der Waals surface area contributed by atoms with Gasteiger partial charge in [0.05, 0.1) is 5.60 Å². The van der Waals surface area contributed by atoms with E-state index in [1.54, 1.807) is 25.2 Å². The quantitative estimate of drug-likeness (QED) is 0.319. The van der Waals surface area contributed by atoms with Gasteiger partial charge >= 0.3 is 0 Å². The van der Waals surface area contributed by atoms with Crippen molar-refractivity contribution in [3.05, 3.63) is 17.0 Å². The average Bonchev–Trinajstić information content (AvgIpc) is 2.90. The van der Waals surface area contributed by atoms with Gasteiger partial charge in [0.15, 0.2) is 13.4 Å². The van der Waals surface area contributed by atoms with E-state index in [4.69, 9.17) is 9.16 Å². The van der Waals surface area contributed by atoms with Crippen molar-refractivity contribution in [3.63, 3.8) is 0 Å². The fraction of sp³-hybridized carbons (Fsp3) is 0.818. The molecule has 0 aromatic carbocycles. The predicted octanol–water partition coefficient (Wildman–Crippen LogP) is 6.80. The number of hydrogen-bond acceptors (Lipinski definition) is 4. The minimum Gasteiger partial charge on any atom is -0.475 e. The molecule has 0 bridgehead atoms. The fourth-order valence-electron chi connectivity index (χ4n) is 2.22. The van der Waals surface area contributed by atoms with Crippen molar-refractivity contribution in [3.8, 4) is 5.06 Å². The van der Waals surface area contributed by atoms with E-state index in [-0.39, 0.29) is 0 Å². The van der Waals surface area contributed by atoms with Crippen molar-refractivity contribution in [1.82, 2.24) is 0 Å². The van der Waals surface area contributed by atoms with Crippen LogP contribution >= 0.6 is 11.3 Å². The van der Waals surface area contributed by atoms with Crippen molar-refractivity contribution < 1.29 is 14.3 Å². The zero-order valence-corrected chi connectivity index (χ0v) is 20.9. The minimum absolute atomic E-state index is 0.297. The van der Waals surface area contributed by atoms with Crippen LogP contribution in [0.1, 0.15) is 79.0 Å². The molecule has 0 radical (unpaired) electrons. The van der Waals surface area contributed by atoms with Crippen LogP contribution in [0.4, 0.5) is 0 Å². The highest BCUT2D eigenvalue weighted by Gasteiger charge is 2.38. The number of hydrogen-bond donors (Lipinski definition) is 1. The van der Waals surface area contributed by atoms with Gasteiger partial charge in [-0.15, -0.1) is 11.3 Å². The molecule has 0 aliphatic heterocycles. The second kappa shape index (κ2) is 9.42. The van der Waals surface area contributed by atoms with Gasteiger partial charge in [-0.05, 0) is 77.2 Å². The number of aliphatic hydroxyl groups is 1. The molecular formula is C22H42O3SSi. The number of ether oxygens (including phenoxy) is 1. The summed E-state index contributed by atoms with van der Waals surface area (Å²) in [6.45, 7) is 19.9. The first-order valence-corrected chi connectivity index (χ1v) is 14.0. The molecule has 0 aliphatic carbocycles. The summed E-state index contributed by atoms with van der Waals surface area (Å²) in [4.78, 5) is 1.36. The highest BCUT2D eigenvalue weighted by atomic mass is 32.1. The van der Waals surface area contributed by atoms with E-state index in [0.717, 1.165) is 24.5 Å². The Bertz CT molecular complexity index is 565. The standard InChI is InChI=1S/C22H42O3SSi/c1-20(2,3)27(8,9)24-17-13-11-10-12-14-18-15-16-19(26-18)25-22(6,7)21(4,5)23/h15-16,23H,10-14,17H2,1-9H3. The Balaban J connectivity index is 2.26. The molecule has 1 aromatic heterocycles. The molecule has 1 rings (SSSR count). The summed E-state index contributed by atoms with van der Waals surface area (Å²) in [5.41, 5.74) is -1.50. The predicted molar refractivity (Wildman–Crippen MR) is 121 cm³/mol. The summed E-state index contributed by atoms with van der Waals surface area (Å²) in [6, 6.07) is 4.18. The van der Waals surface area contributed by atoms with Crippen LogP contribution < -0.4 is 4.74 Å². The third-order valence-corrected chi connectivity index (χ3v) is 11.6. The SMILES string of the molecule is CC(C)(O)C(C)(C)Oc1ccc(CCCCCCO[Si](C)(C)C(C)(C)C)s1. The average molecular weight is 415 g/mol. The second-order valence-corrected chi connectivity index (χ2v) is 16.1. The van der Waals surface area contributed by atoms with Crippen molar-refractivity contribution in [2.75, 3.05) is 6.61 Å². The fourth-order valence-corrected chi connectivity index (χ4v) is 4.34. The van der Waals surface area contributed by atoms with Crippen LogP contribution in [0.3, 0.4) is 0 Å². The molecule has 3 nitrogen and oxygen atoms in total. The number of aryl methyl sites for hydroxylation is 1. The van der Waals surface area contributed by atoms with Crippen LogP contribution in [0.2, 0.25) is 18.1 Å². The maximum Gasteiger partial charge on any atom is 0.191 e. The normalized spacial score (nSPS) is 13.9. The van der Waals surface area contributed by atoms with E-state index in [2.05, 4.69) is 39.9 Å². The molecule has 0 amide bonds. The van der Waals surface area contributed by atoms with Gasteiger partial charge in [-0.2, -0.15) is 0 Å². The Labute approximate surface area is 172 Å². The lowest BCUT2D eigenvalue weighted by molar-refractivity contribution is -0.0889. The maximum absolute atomic E-state index is 10.2. The van der Waals surface area contributed by atoms with Crippen LogP contribution in [0, 0.1) is 0 Å². The van der Waals surface area contributed by atoms with Gasteiger partial charge in [0.25, 0.3) is 0 Å². The Morgan fingerprint density at radius 3 is 2.07 bits per heavy atom. The molecule has 27 heavy (non-hydrogen) atoms. The molecule has 0 spiro atoms. The first kappa shape index (κ1) is 24.7. The third-order valence-electron chi connectivity index (χ3n) is 6.05. The number of unbranched alkanes of at least 4 members (excludes halogenated alkanes) is 3. The zero-order chi connectivity index (χ0) is 20.9. The van der Waals surface area contributed by atoms with Gasteiger partial charge in [-0.3, -0.25) is 0 Å². The number of rotatable bonds is 11. The van der Waals surface area contributed by atoms with Crippen LogP contribution in [0.25, 0.3) is 0 Å². The van der Waals surface area contributed by atoms with Crippen LogP contribution in [-0.4, -0.2) is 31.2 Å². The van der Waals surface area contributed by atoms with Crippen molar-refractivity contribution in [2.24, 2.45) is 0 Å². The lowest BCUT2D eigenvalue weighted by Crippen LogP contribution is -2.49. The van der Waals surface area contributed by atoms with E-state index in [1.165, 1.54) is 24.1 Å². The summed E-state index contributed by atoms with van der Waals surface area (Å²) in [7, 11) is -1.59. The summed E-state index contributed by atoms with van der Waals surface area (Å²) in [6.07, 6.45) is 5.93. The molecule has 0 fully saturated rings. The topological polar surface area (TPSA) is 38.7 Å². The van der Waals surface area contributed by atoms with Crippen molar-refractivity contribution in [1.29, 1.82) is 0 Å². The Hall–Kier alpha value is -0.363. The third kappa shape index (κ3) is 7.88. The molecule has 1 aromatic rings. The molecule has 0 saturated carbocycles. The van der Waals surface area contributed by atoms with E-state index in [1.807, 2.05) is 19.9 Å². The first-order valence-electron chi connectivity index (χ1n) is 10.3. The van der Waals surface area contributed by atoms with Crippen LogP contribution in [0.15, 0.2) is 12.1 Å². The molecule has 0 unspecified atom stereocenters. The molecule has 0 saturated heterocycles. The lowest BCUT2D eigenvalue weighted by atomic mass is 9.90. The highest BCUT2D eigenvalue weighted by molar-refractivity contribution is 7.13. The van der Waals surface area contributed by atoms with Gasteiger partial charge in [-0.25, -0.2) is 0 Å². The molecule has 0 atom stereocenters. The van der Waals surface area contributed by atoms with Crippen molar-refractivity contribution >= 4 is 19.7 Å². The van der Waals surface area contributed by atoms with Crippen LogP contribution in [-0.2, 0) is 10.8 Å². The lowest BCUT2D eigenvalue weighted by Gasteiger charge is -2.36. The van der Waals surface area contributed by atoms with Crippen LogP contribution in [0.5, 0.6) is 5.06 Å². The van der Waals surface area contributed by atoms with Gasteiger partial charge < -0.3 is 14.3 Å². The first-order chi connectivity index (χ1) is 12.2. The van der Waals surface area contributed by atoms with E-state index < -0.39 is 19.5 Å². The Kier molecular flexibility index (Phi) is 8.61. The number of thiophene rings is 1. The summed E-state index contributed by atoms with van der Waals surface area (Å²) < 4.78 is 12.3. The smallest absolute Gasteiger partial charge is 0.191 e. The van der Waals surface area contributed by atoms with Gasteiger partial charge in [0, 0.05) is 11.5 Å². The van der Waals surface area contributed by atoms with Gasteiger partial charge in [0.1, 0.15) is 5.60 Å². The molecule has 0 aliphatic rings. The summed E-state index contributed by atoms with van der Waals surface area (Å²) >= 11 is 1.70. The van der Waals surface area contributed by atoms with E-state index in [9.17, 15) is 5.11 Å². The molecule has 5 heteroatoms. The van der Waals surface area contributed by atoms with E-state index in [0.29, 0.717) is 5.04 Å². The molecule has 1 heterocycles. The van der Waals surface area contributed by atoms with Gasteiger partial charge in [-0.1, -0.05) is 33.6 Å².